The van der Waals surface area contributed by atoms with Crippen LogP contribution in [0.1, 0.15) is 67.7 Å². The first-order chi connectivity index (χ1) is 8.67. The smallest absolute Gasteiger partial charge is 0.0169 e. The third-order valence-electron chi connectivity index (χ3n) is 4.50. The average molecular weight is 268 g/mol. The first-order valence-electron chi connectivity index (χ1n) is 8.16. The molecule has 2 nitrogen and oxygen atoms in total. The van der Waals surface area contributed by atoms with Gasteiger partial charge in [-0.05, 0) is 50.1 Å². The van der Waals surface area contributed by atoms with Gasteiger partial charge in [0.15, 0.2) is 0 Å². The van der Waals surface area contributed by atoms with Gasteiger partial charge in [-0.2, -0.15) is 0 Å². The molecule has 2 heteroatoms. The topological polar surface area (TPSA) is 15.3 Å². The minimum absolute atomic E-state index is 0.480. The van der Waals surface area contributed by atoms with Crippen LogP contribution in [-0.4, -0.2) is 36.6 Å². The summed E-state index contributed by atoms with van der Waals surface area (Å²) in [6.45, 7) is 20.0. The summed E-state index contributed by atoms with van der Waals surface area (Å²) >= 11 is 0. The Balaban J connectivity index is 2.51. The Hall–Kier alpha value is -0.0800. The summed E-state index contributed by atoms with van der Waals surface area (Å²) in [7, 11) is 0. The monoisotopic (exact) mass is 268 g/mol. The summed E-state index contributed by atoms with van der Waals surface area (Å²) in [5.74, 6) is 0. The van der Waals surface area contributed by atoms with Crippen molar-refractivity contribution < 1.29 is 0 Å². The summed E-state index contributed by atoms with van der Waals surface area (Å²) in [6.07, 6.45) is 3.99. The molecule has 0 aromatic carbocycles. The van der Waals surface area contributed by atoms with Crippen LogP contribution in [0.5, 0.6) is 0 Å². The Labute approximate surface area is 121 Å². The van der Waals surface area contributed by atoms with Gasteiger partial charge in [-0.25, -0.2) is 0 Å². The molecule has 0 amide bonds. The first kappa shape index (κ1) is 17.0. The maximum absolute atomic E-state index is 3.89. The van der Waals surface area contributed by atoms with Crippen LogP contribution in [0.3, 0.4) is 0 Å². The molecule has 1 unspecified atom stereocenters. The highest BCUT2D eigenvalue weighted by Crippen LogP contribution is 2.45. The second kappa shape index (κ2) is 6.58. The van der Waals surface area contributed by atoms with Gasteiger partial charge in [0.25, 0.3) is 0 Å². The Bertz CT molecular complexity index is 250. The van der Waals surface area contributed by atoms with Crippen molar-refractivity contribution in [2.45, 2.75) is 79.8 Å². The van der Waals surface area contributed by atoms with Crippen molar-refractivity contribution in [2.24, 2.45) is 10.8 Å². The van der Waals surface area contributed by atoms with E-state index in [1.165, 1.54) is 25.8 Å². The third-order valence-corrected chi connectivity index (χ3v) is 4.50. The van der Waals surface area contributed by atoms with Crippen LogP contribution in [0.15, 0.2) is 0 Å². The molecule has 0 bridgehead atoms. The molecular formula is C17H36N2. The minimum Gasteiger partial charge on any atom is -0.310 e. The molecule has 1 fully saturated rings. The number of likely N-dealkylation sites (N-methyl/N-ethyl adjacent to an activating group) is 1. The molecule has 1 rings (SSSR count). The molecule has 0 spiro atoms. The molecule has 114 valence electrons. The van der Waals surface area contributed by atoms with Crippen LogP contribution in [0.25, 0.3) is 0 Å². The van der Waals surface area contributed by atoms with E-state index in [2.05, 4.69) is 58.7 Å². The van der Waals surface area contributed by atoms with Gasteiger partial charge < -0.3 is 10.2 Å². The second-order valence-electron chi connectivity index (χ2n) is 8.16. The zero-order chi connectivity index (χ0) is 14.7. The SMILES string of the molecule is CCN(CC)CC(C)NC1CC(C)(C)CC(C)(C)C1. The van der Waals surface area contributed by atoms with E-state index in [0.717, 1.165) is 13.1 Å². The van der Waals surface area contributed by atoms with Crippen LogP contribution < -0.4 is 5.32 Å². The van der Waals surface area contributed by atoms with Gasteiger partial charge in [0, 0.05) is 18.6 Å². The lowest BCUT2D eigenvalue weighted by Gasteiger charge is -2.46. The molecule has 1 N–H and O–H groups in total. The average Bonchev–Trinajstić information content (AvgIpc) is 2.21. The zero-order valence-electron chi connectivity index (χ0n) is 14.3. The van der Waals surface area contributed by atoms with Crippen molar-refractivity contribution in [2.75, 3.05) is 19.6 Å². The van der Waals surface area contributed by atoms with Gasteiger partial charge in [-0.3, -0.25) is 0 Å². The Morgan fingerprint density at radius 1 is 1.05 bits per heavy atom. The second-order valence-corrected chi connectivity index (χ2v) is 8.16. The first-order valence-corrected chi connectivity index (χ1v) is 8.16. The van der Waals surface area contributed by atoms with Crippen molar-refractivity contribution in [1.82, 2.24) is 10.2 Å². The van der Waals surface area contributed by atoms with Gasteiger partial charge in [0.05, 0.1) is 0 Å². The van der Waals surface area contributed by atoms with Crippen molar-refractivity contribution in [3.8, 4) is 0 Å². The van der Waals surface area contributed by atoms with E-state index in [0.29, 0.717) is 22.9 Å². The predicted octanol–water partition coefficient (Wildman–Crippen LogP) is 3.91. The van der Waals surface area contributed by atoms with Gasteiger partial charge in [0.1, 0.15) is 0 Å². The number of hydrogen-bond acceptors (Lipinski definition) is 2. The summed E-state index contributed by atoms with van der Waals surface area (Å²) < 4.78 is 0. The number of hydrogen-bond donors (Lipinski definition) is 1. The molecule has 19 heavy (non-hydrogen) atoms. The van der Waals surface area contributed by atoms with E-state index in [9.17, 15) is 0 Å². The van der Waals surface area contributed by atoms with Gasteiger partial charge in [-0.15, -0.1) is 0 Å². The Morgan fingerprint density at radius 3 is 1.95 bits per heavy atom. The molecule has 1 saturated carbocycles. The quantitative estimate of drug-likeness (QED) is 0.785. The highest BCUT2D eigenvalue weighted by molar-refractivity contribution is 4.93. The lowest BCUT2D eigenvalue weighted by atomic mass is 9.63. The lowest BCUT2D eigenvalue weighted by Crippen LogP contribution is -2.49. The Kier molecular flexibility index (Phi) is 5.88. The highest BCUT2D eigenvalue weighted by atomic mass is 15.1. The standard InChI is InChI=1S/C17H36N2/c1-8-19(9-2)12-14(3)18-15-10-16(4,5)13-17(6,7)11-15/h14-15,18H,8-13H2,1-7H3. The molecule has 1 atom stereocenters. The molecule has 0 aliphatic heterocycles. The minimum atomic E-state index is 0.480. The molecule has 0 aromatic rings. The van der Waals surface area contributed by atoms with E-state index in [4.69, 9.17) is 0 Å². The zero-order valence-corrected chi connectivity index (χ0v) is 14.3. The fraction of sp³-hybridized carbons (Fsp3) is 1.00. The van der Waals surface area contributed by atoms with Crippen LogP contribution in [0.4, 0.5) is 0 Å². The number of nitrogens with zero attached hydrogens (tertiary/aromatic N) is 1. The van der Waals surface area contributed by atoms with E-state index in [1.807, 2.05) is 0 Å². The maximum Gasteiger partial charge on any atom is 0.0169 e. The van der Waals surface area contributed by atoms with Gasteiger partial charge >= 0.3 is 0 Å². The number of nitrogens with one attached hydrogen (secondary N) is 1. The van der Waals surface area contributed by atoms with Crippen LogP contribution in [-0.2, 0) is 0 Å². The summed E-state index contributed by atoms with van der Waals surface area (Å²) in [6, 6.07) is 1.28. The molecule has 0 radical (unpaired) electrons. The molecule has 0 saturated heterocycles. The van der Waals surface area contributed by atoms with Gasteiger partial charge in [0.2, 0.25) is 0 Å². The number of rotatable bonds is 6. The fourth-order valence-corrected chi connectivity index (χ4v) is 4.29. The summed E-state index contributed by atoms with van der Waals surface area (Å²) in [4.78, 5) is 2.51. The molecule has 1 aliphatic carbocycles. The summed E-state index contributed by atoms with van der Waals surface area (Å²) in [5, 5.41) is 3.89. The van der Waals surface area contributed by atoms with E-state index >= 15 is 0 Å². The van der Waals surface area contributed by atoms with Crippen LogP contribution in [0, 0.1) is 10.8 Å². The van der Waals surface area contributed by atoms with E-state index < -0.39 is 0 Å². The molecule has 1 aliphatic rings. The Morgan fingerprint density at radius 2 is 1.53 bits per heavy atom. The van der Waals surface area contributed by atoms with E-state index in [1.54, 1.807) is 0 Å². The molecule has 0 aromatic heterocycles. The molecular weight excluding hydrogens is 232 g/mol. The maximum atomic E-state index is 3.89. The third kappa shape index (κ3) is 5.83. The normalized spacial score (nSPS) is 24.6. The van der Waals surface area contributed by atoms with Crippen LogP contribution in [0.2, 0.25) is 0 Å². The lowest BCUT2D eigenvalue weighted by molar-refractivity contribution is 0.0785. The van der Waals surface area contributed by atoms with Crippen molar-refractivity contribution in [1.29, 1.82) is 0 Å². The van der Waals surface area contributed by atoms with Crippen molar-refractivity contribution in [3.63, 3.8) is 0 Å². The fourth-order valence-electron chi connectivity index (χ4n) is 4.29. The predicted molar refractivity (Wildman–Crippen MR) is 85.6 cm³/mol. The van der Waals surface area contributed by atoms with Crippen LogP contribution >= 0.6 is 0 Å². The summed E-state index contributed by atoms with van der Waals surface area (Å²) in [5.41, 5.74) is 0.961. The highest BCUT2D eigenvalue weighted by Gasteiger charge is 2.38. The largest absolute Gasteiger partial charge is 0.310 e. The van der Waals surface area contributed by atoms with E-state index in [-0.39, 0.29) is 0 Å². The van der Waals surface area contributed by atoms with Crippen molar-refractivity contribution in [3.05, 3.63) is 0 Å². The van der Waals surface area contributed by atoms with Gasteiger partial charge in [-0.1, -0.05) is 41.5 Å². The molecule has 0 heterocycles. The van der Waals surface area contributed by atoms with Crippen molar-refractivity contribution >= 4 is 0 Å².